The third kappa shape index (κ3) is 4.27. The van der Waals surface area contributed by atoms with Gasteiger partial charge in [0.25, 0.3) is 11.5 Å². The molecule has 1 heterocycles. The molecular weight excluding hydrogens is 346 g/mol. The molecule has 1 amide bonds. The minimum absolute atomic E-state index is 0.00612. The topological polar surface area (TPSA) is 112 Å². The van der Waals surface area contributed by atoms with Crippen LogP contribution in [-0.4, -0.2) is 27.0 Å². The summed E-state index contributed by atoms with van der Waals surface area (Å²) in [6.07, 6.45) is 0. The Kier molecular flexibility index (Phi) is 5.12. The minimum atomic E-state index is -1.01. The molecule has 3 aromatic rings. The van der Waals surface area contributed by atoms with Crippen LogP contribution in [0.4, 0.5) is 0 Å². The Hall–Kier alpha value is -3.74. The third-order valence-corrected chi connectivity index (χ3v) is 4.03. The lowest BCUT2D eigenvalue weighted by Gasteiger charge is -2.14. The second kappa shape index (κ2) is 7.65. The van der Waals surface area contributed by atoms with E-state index in [4.69, 9.17) is 5.11 Å². The van der Waals surface area contributed by atoms with E-state index in [1.165, 1.54) is 12.1 Å². The standard InChI is InChI=1S/C20H17N3O4/c1-12(13-7-9-15(10-8-13)20(26)27)21-19(25)16-11-17(24)23-18(22-16)14-5-3-2-4-6-14/h2-12H,1H3,(H,21,25)(H,26,27)(H,22,23,24)/t12-/m1/s1. The zero-order valence-electron chi connectivity index (χ0n) is 14.5. The Morgan fingerprint density at radius 1 is 1.07 bits per heavy atom. The smallest absolute Gasteiger partial charge is 0.335 e. The SMILES string of the molecule is C[C@@H](NC(=O)c1cc(=O)[nH]c(-c2ccccc2)n1)c1ccc(C(=O)O)cc1. The van der Waals surface area contributed by atoms with Crippen molar-refractivity contribution < 1.29 is 14.7 Å². The molecule has 0 radical (unpaired) electrons. The lowest BCUT2D eigenvalue weighted by molar-refractivity contribution is 0.0696. The molecule has 0 unspecified atom stereocenters. The number of amides is 1. The van der Waals surface area contributed by atoms with Gasteiger partial charge in [-0.3, -0.25) is 9.59 Å². The largest absolute Gasteiger partial charge is 0.478 e. The van der Waals surface area contributed by atoms with Gasteiger partial charge >= 0.3 is 5.97 Å². The summed E-state index contributed by atoms with van der Waals surface area (Å²) in [4.78, 5) is 42.2. The second-order valence-electron chi connectivity index (χ2n) is 5.97. The molecule has 0 spiro atoms. The number of rotatable bonds is 5. The van der Waals surface area contributed by atoms with Crippen LogP contribution in [0.5, 0.6) is 0 Å². The van der Waals surface area contributed by atoms with Crippen LogP contribution in [0.15, 0.2) is 65.5 Å². The van der Waals surface area contributed by atoms with Crippen LogP contribution in [0.2, 0.25) is 0 Å². The maximum Gasteiger partial charge on any atom is 0.335 e. The molecule has 1 atom stereocenters. The van der Waals surface area contributed by atoms with Gasteiger partial charge in [-0.15, -0.1) is 0 Å². The normalized spacial score (nSPS) is 11.6. The minimum Gasteiger partial charge on any atom is -0.478 e. The first-order chi connectivity index (χ1) is 12.9. The van der Waals surface area contributed by atoms with Gasteiger partial charge in [0.2, 0.25) is 0 Å². The number of hydrogen-bond acceptors (Lipinski definition) is 4. The first-order valence-corrected chi connectivity index (χ1v) is 8.25. The second-order valence-corrected chi connectivity index (χ2v) is 5.97. The highest BCUT2D eigenvalue weighted by molar-refractivity contribution is 5.93. The number of benzene rings is 2. The number of nitrogens with zero attached hydrogens (tertiary/aromatic N) is 1. The molecule has 3 rings (SSSR count). The summed E-state index contributed by atoms with van der Waals surface area (Å²) in [5, 5.41) is 11.7. The molecule has 136 valence electrons. The summed E-state index contributed by atoms with van der Waals surface area (Å²) < 4.78 is 0. The summed E-state index contributed by atoms with van der Waals surface area (Å²) >= 11 is 0. The molecule has 2 aromatic carbocycles. The third-order valence-electron chi connectivity index (χ3n) is 4.03. The molecular formula is C20H17N3O4. The van der Waals surface area contributed by atoms with Gasteiger partial charge in [-0.1, -0.05) is 42.5 Å². The number of nitrogens with one attached hydrogen (secondary N) is 2. The molecule has 1 aromatic heterocycles. The zero-order valence-corrected chi connectivity index (χ0v) is 14.5. The van der Waals surface area contributed by atoms with E-state index in [-0.39, 0.29) is 17.3 Å². The van der Waals surface area contributed by atoms with Crippen LogP contribution in [0, 0.1) is 0 Å². The van der Waals surface area contributed by atoms with Crippen molar-refractivity contribution in [2.24, 2.45) is 0 Å². The predicted molar refractivity (Wildman–Crippen MR) is 99.6 cm³/mol. The number of H-pyrrole nitrogens is 1. The van der Waals surface area contributed by atoms with Gasteiger partial charge in [0.1, 0.15) is 11.5 Å². The van der Waals surface area contributed by atoms with E-state index in [0.29, 0.717) is 11.4 Å². The first kappa shape index (κ1) is 18.1. The fraction of sp³-hybridized carbons (Fsp3) is 0.100. The maximum absolute atomic E-state index is 12.5. The molecule has 0 fully saturated rings. The average Bonchev–Trinajstić information content (AvgIpc) is 2.68. The molecule has 0 aliphatic heterocycles. The first-order valence-electron chi connectivity index (χ1n) is 8.25. The van der Waals surface area contributed by atoms with Crippen molar-refractivity contribution in [3.05, 3.63) is 87.8 Å². The molecule has 0 saturated heterocycles. The molecule has 0 aliphatic rings. The number of aromatic amines is 1. The Bertz CT molecular complexity index is 1030. The van der Waals surface area contributed by atoms with Crippen LogP contribution in [0.1, 0.15) is 39.4 Å². The fourth-order valence-electron chi connectivity index (χ4n) is 2.57. The molecule has 7 heteroatoms. The van der Waals surface area contributed by atoms with Crippen molar-refractivity contribution in [3.8, 4) is 11.4 Å². The number of aromatic carboxylic acids is 1. The summed E-state index contributed by atoms with van der Waals surface area (Å²) in [5.41, 5.74) is 1.18. The number of aromatic nitrogens is 2. The summed E-state index contributed by atoms with van der Waals surface area (Å²) in [6, 6.07) is 16.0. The van der Waals surface area contributed by atoms with Crippen molar-refractivity contribution in [3.63, 3.8) is 0 Å². The molecule has 7 nitrogen and oxygen atoms in total. The highest BCUT2D eigenvalue weighted by Crippen LogP contribution is 2.15. The molecule has 0 bridgehead atoms. The van der Waals surface area contributed by atoms with Gasteiger partial charge in [-0.05, 0) is 24.6 Å². The predicted octanol–water partition coefficient (Wildman–Crippen LogP) is 2.63. The Morgan fingerprint density at radius 3 is 2.37 bits per heavy atom. The lowest BCUT2D eigenvalue weighted by atomic mass is 10.1. The lowest BCUT2D eigenvalue weighted by Crippen LogP contribution is -2.29. The van der Waals surface area contributed by atoms with Crippen molar-refractivity contribution in [2.75, 3.05) is 0 Å². The van der Waals surface area contributed by atoms with Gasteiger partial charge in [0.15, 0.2) is 0 Å². The van der Waals surface area contributed by atoms with Crippen molar-refractivity contribution in [2.45, 2.75) is 13.0 Å². The van der Waals surface area contributed by atoms with Gasteiger partial charge in [0, 0.05) is 11.6 Å². The van der Waals surface area contributed by atoms with Gasteiger partial charge in [0.05, 0.1) is 11.6 Å². The van der Waals surface area contributed by atoms with Crippen LogP contribution in [0.25, 0.3) is 11.4 Å². The number of carboxylic acid groups (broad SMARTS) is 1. The van der Waals surface area contributed by atoms with Crippen LogP contribution < -0.4 is 10.9 Å². The summed E-state index contributed by atoms with van der Waals surface area (Å²) in [5.74, 6) is -1.20. The van der Waals surface area contributed by atoms with Gasteiger partial charge < -0.3 is 15.4 Å². The monoisotopic (exact) mass is 363 g/mol. The zero-order chi connectivity index (χ0) is 19.4. The Balaban J connectivity index is 1.80. The molecule has 27 heavy (non-hydrogen) atoms. The molecule has 3 N–H and O–H groups in total. The van der Waals surface area contributed by atoms with E-state index in [1.807, 2.05) is 18.2 Å². The number of carboxylic acids is 1. The highest BCUT2D eigenvalue weighted by Gasteiger charge is 2.15. The number of carbonyl (C=O) groups is 2. The molecule has 0 saturated carbocycles. The van der Waals surface area contributed by atoms with Gasteiger partial charge in [-0.25, -0.2) is 9.78 Å². The Morgan fingerprint density at radius 2 is 1.74 bits per heavy atom. The fourth-order valence-corrected chi connectivity index (χ4v) is 2.57. The van der Waals surface area contributed by atoms with Crippen LogP contribution in [0.3, 0.4) is 0 Å². The number of hydrogen-bond donors (Lipinski definition) is 3. The van der Waals surface area contributed by atoms with E-state index in [9.17, 15) is 14.4 Å². The summed E-state index contributed by atoms with van der Waals surface area (Å²) in [6.45, 7) is 1.76. The van der Waals surface area contributed by atoms with E-state index in [0.717, 1.165) is 11.6 Å². The maximum atomic E-state index is 12.5. The summed E-state index contributed by atoms with van der Waals surface area (Å²) in [7, 11) is 0. The Labute approximate surface area is 154 Å². The van der Waals surface area contributed by atoms with E-state index >= 15 is 0 Å². The van der Waals surface area contributed by atoms with E-state index in [1.54, 1.807) is 31.2 Å². The average molecular weight is 363 g/mol. The van der Waals surface area contributed by atoms with E-state index in [2.05, 4.69) is 15.3 Å². The van der Waals surface area contributed by atoms with Crippen molar-refractivity contribution >= 4 is 11.9 Å². The highest BCUT2D eigenvalue weighted by atomic mass is 16.4. The van der Waals surface area contributed by atoms with Crippen LogP contribution in [-0.2, 0) is 0 Å². The number of carbonyl (C=O) groups excluding carboxylic acids is 1. The van der Waals surface area contributed by atoms with Crippen molar-refractivity contribution in [1.82, 2.24) is 15.3 Å². The van der Waals surface area contributed by atoms with Crippen LogP contribution >= 0.6 is 0 Å². The van der Waals surface area contributed by atoms with Gasteiger partial charge in [-0.2, -0.15) is 0 Å². The van der Waals surface area contributed by atoms with E-state index < -0.39 is 17.4 Å². The molecule has 0 aliphatic carbocycles. The quantitative estimate of drug-likeness (QED) is 0.645. The van der Waals surface area contributed by atoms with Crippen molar-refractivity contribution in [1.29, 1.82) is 0 Å².